The van der Waals surface area contributed by atoms with E-state index in [1.807, 2.05) is 36.4 Å². The molecule has 2 aromatic carbocycles. The van der Waals surface area contributed by atoms with Crippen LogP contribution in [0.3, 0.4) is 0 Å². The van der Waals surface area contributed by atoms with Gasteiger partial charge in [-0.15, -0.1) is 0 Å². The summed E-state index contributed by atoms with van der Waals surface area (Å²) >= 11 is 0. The highest BCUT2D eigenvalue weighted by atomic mass is 16.5. The normalized spacial score (nSPS) is 15.5. The number of carbonyl (C=O) groups is 3. The molecule has 6 heterocycles. The monoisotopic (exact) mass is 696 g/mol. The van der Waals surface area contributed by atoms with E-state index >= 15 is 0 Å². The molecule has 1 saturated heterocycles. The van der Waals surface area contributed by atoms with Gasteiger partial charge in [-0.1, -0.05) is 11.8 Å². The molecule has 1 unspecified atom stereocenters. The maximum Gasteiger partial charge on any atom is 0.328 e. The number of nitrogens with zero attached hydrogens (tertiary/aromatic N) is 8. The van der Waals surface area contributed by atoms with Crippen LogP contribution < -0.4 is 26.0 Å². The van der Waals surface area contributed by atoms with Gasteiger partial charge < -0.3 is 15.0 Å². The number of ether oxygens (including phenoxy) is 1. The molecule has 2 aliphatic rings. The zero-order chi connectivity index (χ0) is 36.1. The molecule has 260 valence electrons. The second kappa shape index (κ2) is 12.8. The fraction of sp³-hybridized carbons (Fsp3) is 0.243. The van der Waals surface area contributed by atoms with E-state index in [1.165, 1.54) is 6.20 Å². The lowest BCUT2D eigenvalue weighted by Crippen LogP contribution is -2.39. The smallest absolute Gasteiger partial charge is 0.328 e. The van der Waals surface area contributed by atoms with E-state index in [0.29, 0.717) is 53.8 Å². The third kappa shape index (κ3) is 5.69. The highest BCUT2D eigenvalue weighted by molar-refractivity contribution is 6.02. The topological polar surface area (TPSA) is 171 Å². The highest BCUT2D eigenvalue weighted by Gasteiger charge is 2.31. The van der Waals surface area contributed by atoms with Crippen LogP contribution >= 0.6 is 0 Å². The summed E-state index contributed by atoms with van der Waals surface area (Å²) in [5.74, 6) is 5.33. The van der Waals surface area contributed by atoms with E-state index in [2.05, 4.69) is 47.4 Å². The number of benzene rings is 2. The van der Waals surface area contributed by atoms with Gasteiger partial charge in [-0.25, -0.2) is 9.78 Å². The standard InChI is InChI=1S/C37H32N10O5/c1-44-28-12-8-23(18-29(28)45(2)37(44)51)47-15-16-52-36-30(47)20-40-33(42-36)22-7-10-26(39-19-22)35(50)38-14-4-5-21-6-11-27-25(17-21)32(43-46(27)3)24-9-13-31(48)41-34(24)49/h6-8,10-12,17-20,24H,9,13-16H2,1-3H3,(H,38,50)(H,41,48,49). The number of carbonyl (C=O) groups excluding carboxylic acids is 3. The van der Waals surface area contributed by atoms with E-state index in [0.717, 1.165) is 27.6 Å². The number of hydrogen-bond acceptors (Lipinski definition) is 10. The van der Waals surface area contributed by atoms with Crippen LogP contribution in [0.15, 0.2) is 65.7 Å². The number of aryl methyl sites for hydroxylation is 3. The van der Waals surface area contributed by atoms with Crippen LogP contribution in [0.25, 0.3) is 33.3 Å². The van der Waals surface area contributed by atoms with Crippen molar-refractivity contribution in [1.82, 2.24) is 44.5 Å². The largest absolute Gasteiger partial charge is 0.474 e. The van der Waals surface area contributed by atoms with Crippen molar-refractivity contribution in [2.75, 3.05) is 24.6 Å². The number of imidazole rings is 1. The minimum atomic E-state index is -0.513. The summed E-state index contributed by atoms with van der Waals surface area (Å²) in [7, 11) is 5.31. The van der Waals surface area contributed by atoms with Gasteiger partial charge in [0.1, 0.15) is 18.0 Å². The Hall–Kier alpha value is -6.82. The van der Waals surface area contributed by atoms with Gasteiger partial charge in [0.2, 0.25) is 17.7 Å². The van der Waals surface area contributed by atoms with Crippen LogP contribution in [-0.2, 0) is 30.7 Å². The van der Waals surface area contributed by atoms with E-state index in [9.17, 15) is 19.2 Å². The Bertz CT molecular complexity index is 2570. The number of hydrogen-bond donors (Lipinski definition) is 2. The Morgan fingerprint density at radius 2 is 1.81 bits per heavy atom. The minimum absolute atomic E-state index is 0.0859. The summed E-state index contributed by atoms with van der Waals surface area (Å²) < 4.78 is 10.9. The predicted octanol–water partition coefficient (Wildman–Crippen LogP) is 2.45. The Morgan fingerprint density at radius 1 is 0.981 bits per heavy atom. The van der Waals surface area contributed by atoms with E-state index in [1.54, 1.807) is 53.3 Å². The van der Waals surface area contributed by atoms with E-state index in [4.69, 9.17) is 4.74 Å². The number of rotatable bonds is 5. The van der Waals surface area contributed by atoms with Gasteiger partial charge in [-0.3, -0.25) is 38.5 Å². The fourth-order valence-electron chi connectivity index (χ4n) is 6.68. The van der Waals surface area contributed by atoms with Crippen LogP contribution in [0.5, 0.6) is 5.88 Å². The van der Waals surface area contributed by atoms with E-state index in [-0.39, 0.29) is 42.1 Å². The number of anilines is 2. The quantitative estimate of drug-likeness (QED) is 0.202. The predicted molar refractivity (Wildman–Crippen MR) is 191 cm³/mol. The maximum atomic E-state index is 12.8. The molecule has 6 aromatic rings. The fourth-order valence-corrected chi connectivity index (χ4v) is 6.68. The van der Waals surface area contributed by atoms with Crippen molar-refractivity contribution in [3.05, 3.63) is 88.4 Å². The zero-order valence-corrected chi connectivity index (χ0v) is 28.5. The summed E-state index contributed by atoms with van der Waals surface area (Å²) in [4.78, 5) is 65.0. The molecule has 15 nitrogen and oxygen atoms in total. The third-order valence-electron chi connectivity index (χ3n) is 9.42. The highest BCUT2D eigenvalue weighted by Crippen LogP contribution is 2.37. The molecule has 8 rings (SSSR count). The zero-order valence-electron chi connectivity index (χ0n) is 28.5. The first-order valence-corrected chi connectivity index (χ1v) is 16.6. The lowest BCUT2D eigenvalue weighted by Gasteiger charge is -2.30. The number of aromatic nitrogens is 7. The Balaban J connectivity index is 0.932. The van der Waals surface area contributed by atoms with Crippen molar-refractivity contribution >= 4 is 51.0 Å². The van der Waals surface area contributed by atoms with E-state index < -0.39 is 5.92 Å². The Labute approximate surface area is 296 Å². The van der Waals surface area contributed by atoms with Crippen LogP contribution in [0.4, 0.5) is 11.4 Å². The van der Waals surface area contributed by atoms with Crippen molar-refractivity contribution < 1.29 is 19.1 Å². The van der Waals surface area contributed by atoms with Crippen molar-refractivity contribution in [3.63, 3.8) is 0 Å². The first kappa shape index (κ1) is 32.4. The molecule has 52 heavy (non-hydrogen) atoms. The molecular weight excluding hydrogens is 664 g/mol. The molecule has 4 aromatic heterocycles. The molecule has 1 fully saturated rings. The second-order valence-electron chi connectivity index (χ2n) is 12.6. The number of imide groups is 1. The number of nitrogens with one attached hydrogen (secondary N) is 2. The van der Waals surface area contributed by atoms with Crippen molar-refractivity contribution in [1.29, 1.82) is 0 Å². The van der Waals surface area contributed by atoms with Gasteiger partial charge in [0.15, 0.2) is 5.82 Å². The summed E-state index contributed by atoms with van der Waals surface area (Å²) in [5.41, 5.74) is 6.16. The molecular formula is C37H32N10O5. The van der Waals surface area contributed by atoms with Crippen molar-refractivity contribution in [2.45, 2.75) is 18.8 Å². The molecule has 0 saturated carbocycles. The average molecular weight is 697 g/mol. The first-order chi connectivity index (χ1) is 25.2. The minimum Gasteiger partial charge on any atom is -0.474 e. The maximum absolute atomic E-state index is 12.8. The molecule has 0 aliphatic carbocycles. The Morgan fingerprint density at radius 3 is 2.62 bits per heavy atom. The molecule has 2 N–H and O–H groups in total. The Kier molecular flexibility index (Phi) is 7.98. The number of fused-ring (bicyclic) bond motifs is 3. The summed E-state index contributed by atoms with van der Waals surface area (Å²) in [6.45, 7) is 1.09. The average Bonchev–Trinajstić information content (AvgIpc) is 3.60. The van der Waals surface area contributed by atoms with Gasteiger partial charge in [-0.2, -0.15) is 10.1 Å². The number of pyridine rings is 1. The molecule has 0 radical (unpaired) electrons. The lowest BCUT2D eigenvalue weighted by atomic mass is 9.92. The number of amides is 3. The number of piperidine rings is 1. The van der Waals surface area contributed by atoms with Gasteiger partial charge in [0.25, 0.3) is 5.91 Å². The van der Waals surface area contributed by atoms with Gasteiger partial charge >= 0.3 is 5.69 Å². The van der Waals surface area contributed by atoms with Crippen LogP contribution in [-0.4, -0.2) is 71.3 Å². The molecule has 15 heteroatoms. The third-order valence-corrected chi connectivity index (χ3v) is 9.42. The van der Waals surface area contributed by atoms with Crippen LogP contribution in [0.2, 0.25) is 0 Å². The molecule has 1 atom stereocenters. The molecule has 0 spiro atoms. The van der Waals surface area contributed by atoms with Crippen molar-refractivity contribution in [2.24, 2.45) is 21.1 Å². The summed E-state index contributed by atoms with van der Waals surface area (Å²) in [6, 6.07) is 14.8. The van der Waals surface area contributed by atoms with Crippen molar-refractivity contribution in [3.8, 4) is 29.1 Å². The molecule has 3 amide bonds. The van der Waals surface area contributed by atoms with Gasteiger partial charge in [0, 0.05) is 56.0 Å². The summed E-state index contributed by atoms with van der Waals surface area (Å²) in [5, 5.41) is 10.5. The SMILES string of the molecule is Cn1nc(C2CCC(=O)NC2=O)c2cc(C#CCNC(=O)c3ccc(-c4ncc5c(n4)OCCN5c4ccc5c(c4)n(C)c(=O)n5C)cn3)ccc21. The van der Waals surface area contributed by atoms with Gasteiger partial charge in [-0.05, 0) is 55.0 Å². The molecule has 2 aliphatic heterocycles. The molecule has 0 bridgehead atoms. The van der Waals surface area contributed by atoms with Crippen LogP contribution in [0, 0.1) is 11.8 Å². The lowest BCUT2D eigenvalue weighted by molar-refractivity contribution is -0.134. The second-order valence-corrected chi connectivity index (χ2v) is 12.6. The van der Waals surface area contributed by atoms with Gasteiger partial charge in [0.05, 0.1) is 47.4 Å². The summed E-state index contributed by atoms with van der Waals surface area (Å²) in [6.07, 6.45) is 3.90. The first-order valence-electron chi connectivity index (χ1n) is 16.6. The van der Waals surface area contributed by atoms with Crippen LogP contribution in [0.1, 0.15) is 40.5 Å².